The molecule has 24 heavy (non-hydrogen) atoms. The molecule has 3 aromatic rings. The van der Waals surface area contributed by atoms with Gasteiger partial charge < -0.3 is 11.2 Å². The second kappa shape index (κ2) is 7.39. The molecule has 3 rings (SSSR count). The zero-order valence-corrected chi connectivity index (χ0v) is 15.1. The first-order valence-corrected chi connectivity index (χ1v) is 9.15. The summed E-state index contributed by atoms with van der Waals surface area (Å²) in [7, 11) is 0. The zero-order chi connectivity index (χ0) is 17.1. The number of amides is 1. The molecule has 0 aliphatic carbocycles. The van der Waals surface area contributed by atoms with Crippen LogP contribution in [0.15, 0.2) is 34.9 Å². The fourth-order valence-electron chi connectivity index (χ4n) is 1.80. The number of hydrogen-bond donors (Lipinski definition) is 2. The van der Waals surface area contributed by atoms with Crippen LogP contribution in [-0.2, 0) is 4.79 Å². The van der Waals surface area contributed by atoms with Gasteiger partial charge in [0.05, 0.1) is 10.8 Å². The van der Waals surface area contributed by atoms with E-state index in [4.69, 9.17) is 29.0 Å². The van der Waals surface area contributed by atoms with Crippen molar-refractivity contribution in [1.82, 2.24) is 19.9 Å². The number of nitrogens with two attached hydrogens (primary N) is 1. The smallest absolute Gasteiger partial charge is 0.236 e. The molecule has 124 valence electrons. The first-order chi connectivity index (χ1) is 11.5. The molecule has 11 heteroatoms. The molecule has 1 aromatic carbocycles. The van der Waals surface area contributed by atoms with E-state index in [1.807, 2.05) is 0 Å². The molecular weight excluding hydrogens is 391 g/mol. The molecule has 0 saturated carbocycles. The molecule has 3 N–H and O–H groups in total. The summed E-state index contributed by atoms with van der Waals surface area (Å²) in [5, 5.41) is 14.3. The van der Waals surface area contributed by atoms with Crippen LogP contribution < -0.4 is 11.2 Å². The van der Waals surface area contributed by atoms with Gasteiger partial charge in [0.2, 0.25) is 11.1 Å². The number of nitrogens with one attached hydrogen (secondary N) is 1. The lowest BCUT2D eigenvalue weighted by Gasteiger charge is -2.05. The molecule has 0 unspecified atom stereocenters. The summed E-state index contributed by atoms with van der Waals surface area (Å²) in [5.74, 6) is 6.31. The van der Waals surface area contributed by atoms with E-state index in [1.54, 1.807) is 29.8 Å². The normalized spacial score (nSPS) is 10.8. The Balaban J connectivity index is 1.70. The van der Waals surface area contributed by atoms with Gasteiger partial charge in [0.25, 0.3) is 0 Å². The third-order valence-electron chi connectivity index (χ3n) is 2.85. The highest BCUT2D eigenvalue weighted by molar-refractivity contribution is 7.99. The number of anilines is 1. The number of rotatable bonds is 5. The van der Waals surface area contributed by atoms with Crippen LogP contribution in [0.1, 0.15) is 0 Å². The monoisotopic (exact) mass is 400 g/mol. The maximum Gasteiger partial charge on any atom is 0.236 e. The molecule has 0 atom stereocenters. The summed E-state index contributed by atoms with van der Waals surface area (Å²) in [4.78, 5) is 15.8. The summed E-state index contributed by atoms with van der Waals surface area (Å²) in [6.07, 6.45) is 1.62. The third-order valence-corrected chi connectivity index (χ3v) is 5.03. The molecule has 1 amide bonds. The summed E-state index contributed by atoms with van der Waals surface area (Å²) in [5.41, 5.74) is 0.607. The Labute approximate surface area is 155 Å². The van der Waals surface area contributed by atoms with Gasteiger partial charge in [-0.3, -0.25) is 4.79 Å². The van der Waals surface area contributed by atoms with Gasteiger partial charge in [0, 0.05) is 22.2 Å². The van der Waals surface area contributed by atoms with Crippen molar-refractivity contribution in [3.8, 4) is 11.4 Å². The minimum atomic E-state index is -0.205. The predicted molar refractivity (Wildman–Crippen MR) is 97.1 cm³/mol. The average Bonchev–Trinajstić information content (AvgIpc) is 3.16. The van der Waals surface area contributed by atoms with Gasteiger partial charge >= 0.3 is 0 Å². The number of carbonyl (C=O) groups is 1. The fourth-order valence-corrected chi connectivity index (χ4v) is 3.50. The van der Waals surface area contributed by atoms with Gasteiger partial charge in [-0.05, 0) is 18.2 Å². The number of hydrogen-bond acceptors (Lipinski definition) is 7. The Morgan fingerprint density at radius 1 is 1.38 bits per heavy atom. The number of benzene rings is 1. The first kappa shape index (κ1) is 17.0. The van der Waals surface area contributed by atoms with E-state index in [-0.39, 0.29) is 11.7 Å². The number of thiazole rings is 1. The van der Waals surface area contributed by atoms with Crippen molar-refractivity contribution in [2.75, 3.05) is 16.9 Å². The van der Waals surface area contributed by atoms with E-state index in [0.29, 0.717) is 31.7 Å². The lowest BCUT2D eigenvalue weighted by atomic mass is 10.2. The molecule has 0 saturated heterocycles. The van der Waals surface area contributed by atoms with Crippen molar-refractivity contribution in [2.24, 2.45) is 0 Å². The van der Waals surface area contributed by atoms with Crippen LogP contribution in [-0.4, -0.2) is 31.5 Å². The number of carbonyl (C=O) groups excluding carboxylic acids is 1. The summed E-state index contributed by atoms with van der Waals surface area (Å²) in [6, 6.07) is 4.99. The zero-order valence-electron chi connectivity index (χ0n) is 11.9. The maximum absolute atomic E-state index is 11.9. The van der Waals surface area contributed by atoms with E-state index in [2.05, 4.69) is 20.5 Å². The van der Waals surface area contributed by atoms with Crippen LogP contribution in [0.5, 0.6) is 0 Å². The van der Waals surface area contributed by atoms with E-state index in [9.17, 15) is 4.79 Å². The van der Waals surface area contributed by atoms with E-state index in [1.165, 1.54) is 16.0 Å². The van der Waals surface area contributed by atoms with Crippen LogP contribution >= 0.6 is 46.3 Å². The van der Waals surface area contributed by atoms with Crippen molar-refractivity contribution in [2.45, 2.75) is 5.16 Å². The van der Waals surface area contributed by atoms with Crippen molar-refractivity contribution >= 4 is 57.3 Å². The molecule has 0 radical (unpaired) electrons. The highest BCUT2D eigenvalue weighted by atomic mass is 35.5. The largest absolute Gasteiger partial charge is 0.335 e. The molecule has 0 fully saturated rings. The summed E-state index contributed by atoms with van der Waals surface area (Å²) < 4.78 is 1.29. The molecule has 2 heterocycles. The van der Waals surface area contributed by atoms with Gasteiger partial charge in [-0.1, -0.05) is 35.0 Å². The Morgan fingerprint density at radius 2 is 2.21 bits per heavy atom. The molecule has 0 spiro atoms. The standard InChI is InChI=1S/C13H10Cl2N6OS2/c14-7-1-2-8(9(15)5-7)11-19-20-13(21(11)16)24-6-10(22)18-12-17-3-4-23-12/h1-5H,6,16H2,(H,17,18,22). The number of nitrogens with zero attached hydrogens (tertiary/aromatic N) is 4. The molecule has 0 aliphatic rings. The van der Waals surface area contributed by atoms with Crippen LogP contribution in [0.25, 0.3) is 11.4 Å². The van der Waals surface area contributed by atoms with Crippen LogP contribution in [0.3, 0.4) is 0 Å². The SMILES string of the molecule is Nn1c(SCC(=O)Nc2nccs2)nnc1-c1ccc(Cl)cc1Cl. The van der Waals surface area contributed by atoms with Gasteiger partial charge in [-0.15, -0.1) is 21.5 Å². The highest BCUT2D eigenvalue weighted by Crippen LogP contribution is 2.30. The number of aromatic nitrogens is 4. The Hall–Kier alpha value is -1.81. The lowest BCUT2D eigenvalue weighted by Crippen LogP contribution is -2.16. The fraction of sp³-hybridized carbons (Fsp3) is 0.0769. The van der Waals surface area contributed by atoms with E-state index < -0.39 is 0 Å². The number of nitrogen functional groups attached to an aromatic ring is 1. The van der Waals surface area contributed by atoms with Gasteiger partial charge in [0.1, 0.15) is 0 Å². The molecule has 0 aliphatic heterocycles. The summed E-state index contributed by atoms with van der Waals surface area (Å²) in [6.45, 7) is 0. The van der Waals surface area contributed by atoms with Gasteiger partial charge in [-0.2, -0.15) is 0 Å². The maximum atomic E-state index is 11.9. The molecular formula is C13H10Cl2N6OS2. The minimum absolute atomic E-state index is 0.128. The molecule has 0 bridgehead atoms. The Kier molecular flexibility index (Phi) is 5.24. The minimum Gasteiger partial charge on any atom is -0.335 e. The predicted octanol–water partition coefficient (Wildman–Crippen LogP) is 3.15. The first-order valence-electron chi connectivity index (χ1n) is 6.52. The Bertz CT molecular complexity index is 867. The average molecular weight is 401 g/mol. The van der Waals surface area contributed by atoms with Crippen molar-refractivity contribution in [3.63, 3.8) is 0 Å². The Morgan fingerprint density at radius 3 is 2.92 bits per heavy atom. The molecule has 2 aromatic heterocycles. The number of thioether (sulfide) groups is 1. The van der Waals surface area contributed by atoms with E-state index >= 15 is 0 Å². The van der Waals surface area contributed by atoms with Gasteiger partial charge in [0.15, 0.2) is 11.0 Å². The van der Waals surface area contributed by atoms with Crippen LogP contribution in [0.4, 0.5) is 5.13 Å². The number of halogens is 2. The summed E-state index contributed by atoms with van der Waals surface area (Å²) >= 11 is 14.5. The second-order valence-corrected chi connectivity index (χ2v) is 7.16. The highest BCUT2D eigenvalue weighted by Gasteiger charge is 2.16. The van der Waals surface area contributed by atoms with Crippen molar-refractivity contribution in [1.29, 1.82) is 0 Å². The van der Waals surface area contributed by atoms with Crippen molar-refractivity contribution < 1.29 is 4.79 Å². The van der Waals surface area contributed by atoms with Crippen LogP contribution in [0.2, 0.25) is 10.0 Å². The lowest BCUT2D eigenvalue weighted by molar-refractivity contribution is -0.113. The van der Waals surface area contributed by atoms with Crippen molar-refractivity contribution in [3.05, 3.63) is 39.8 Å². The van der Waals surface area contributed by atoms with Gasteiger partial charge in [-0.25, -0.2) is 9.66 Å². The topological polar surface area (TPSA) is 98.7 Å². The quantitative estimate of drug-likeness (QED) is 0.503. The van der Waals surface area contributed by atoms with E-state index in [0.717, 1.165) is 11.8 Å². The molecule has 7 nitrogen and oxygen atoms in total. The van der Waals surface area contributed by atoms with Crippen LogP contribution in [0, 0.1) is 0 Å². The second-order valence-electron chi connectivity index (χ2n) is 4.47. The third kappa shape index (κ3) is 3.81.